The Morgan fingerprint density at radius 1 is 1.33 bits per heavy atom. The van der Waals surface area contributed by atoms with Crippen LogP contribution in [0.3, 0.4) is 0 Å². The minimum Gasteiger partial charge on any atom is -0.492 e. The number of alkyl halides is 2. The molecule has 64 valence electrons. The third-order valence-electron chi connectivity index (χ3n) is 1.98. The highest BCUT2D eigenvalue weighted by Gasteiger charge is 2.20. The molecule has 0 bridgehead atoms. The molecule has 1 aliphatic heterocycles. The molecule has 0 saturated heterocycles. The minimum absolute atomic E-state index is 0.0185. The second kappa shape index (κ2) is 2.73. The summed E-state index contributed by atoms with van der Waals surface area (Å²) in [6.45, 7) is 0.527. The van der Waals surface area contributed by atoms with Crippen molar-refractivity contribution in [3.8, 4) is 5.75 Å². The van der Waals surface area contributed by atoms with Gasteiger partial charge in [-0.15, -0.1) is 0 Å². The summed E-state index contributed by atoms with van der Waals surface area (Å²) in [5.41, 5.74) is 0.915. The average Bonchev–Trinajstić information content (AvgIpc) is 2.49. The third-order valence-corrected chi connectivity index (χ3v) is 1.98. The van der Waals surface area contributed by atoms with Gasteiger partial charge in [0.2, 0.25) is 0 Å². The van der Waals surface area contributed by atoms with Crippen molar-refractivity contribution in [3.63, 3.8) is 0 Å². The summed E-state index contributed by atoms with van der Waals surface area (Å²) in [6.07, 6.45) is -1.69. The fourth-order valence-corrected chi connectivity index (χ4v) is 1.41. The van der Waals surface area contributed by atoms with E-state index in [0.29, 0.717) is 12.4 Å². The predicted molar refractivity (Wildman–Crippen MR) is 40.6 cm³/mol. The molecule has 0 N–H and O–H groups in total. The molecular weight excluding hydrogens is 162 g/mol. The van der Waals surface area contributed by atoms with Crippen LogP contribution in [0.5, 0.6) is 5.75 Å². The van der Waals surface area contributed by atoms with Crippen LogP contribution in [0, 0.1) is 0 Å². The van der Waals surface area contributed by atoms with Crippen LogP contribution in [0.4, 0.5) is 8.78 Å². The standard InChI is InChI=1S/C9H8F2O/c10-9(11)7-3-1-2-6-4-5-12-8(6)7/h1-3,9H,4-5H2. The SMILES string of the molecule is FC(F)c1cccc2c1OCC2. The molecule has 0 fully saturated rings. The van der Waals surface area contributed by atoms with Crippen molar-refractivity contribution in [2.24, 2.45) is 0 Å². The maximum absolute atomic E-state index is 12.3. The largest absolute Gasteiger partial charge is 0.492 e. The molecule has 0 spiro atoms. The van der Waals surface area contributed by atoms with E-state index in [1.54, 1.807) is 6.07 Å². The third kappa shape index (κ3) is 1.05. The van der Waals surface area contributed by atoms with Crippen LogP contribution in [0.15, 0.2) is 18.2 Å². The van der Waals surface area contributed by atoms with Crippen LogP contribution < -0.4 is 4.74 Å². The van der Waals surface area contributed by atoms with Crippen molar-refractivity contribution < 1.29 is 13.5 Å². The minimum atomic E-state index is -2.43. The lowest BCUT2D eigenvalue weighted by molar-refractivity contribution is 0.146. The Balaban J connectivity index is 2.49. The molecule has 0 aromatic heterocycles. The van der Waals surface area contributed by atoms with Crippen molar-refractivity contribution in [1.82, 2.24) is 0 Å². The first-order chi connectivity index (χ1) is 5.79. The Bertz CT molecular complexity index is 297. The lowest BCUT2D eigenvalue weighted by Gasteiger charge is -2.05. The van der Waals surface area contributed by atoms with Crippen LogP contribution in [-0.2, 0) is 6.42 Å². The number of fused-ring (bicyclic) bond motifs is 1. The van der Waals surface area contributed by atoms with E-state index in [4.69, 9.17) is 4.74 Å². The highest BCUT2D eigenvalue weighted by molar-refractivity contribution is 5.44. The normalized spacial score (nSPS) is 14.6. The maximum Gasteiger partial charge on any atom is 0.267 e. The summed E-state index contributed by atoms with van der Waals surface area (Å²) >= 11 is 0. The fourth-order valence-electron chi connectivity index (χ4n) is 1.41. The van der Waals surface area contributed by atoms with Crippen LogP contribution in [0.1, 0.15) is 17.6 Å². The first-order valence-corrected chi connectivity index (χ1v) is 3.82. The van der Waals surface area contributed by atoms with Gasteiger partial charge in [0.15, 0.2) is 0 Å². The summed E-state index contributed by atoms with van der Waals surface area (Å²) in [5.74, 6) is 0.396. The van der Waals surface area contributed by atoms with Gasteiger partial charge >= 0.3 is 0 Å². The number of hydrogen-bond donors (Lipinski definition) is 0. The molecular formula is C9H8F2O. The molecule has 1 nitrogen and oxygen atoms in total. The van der Waals surface area contributed by atoms with Crippen molar-refractivity contribution in [3.05, 3.63) is 29.3 Å². The summed E-state index contributed by atoms with van der Waals surface area (Å²) in [7, 11) is 0. The highest BCUT2D eigenvalue weighted by atomic mass is 19.3. The zero-order valence-electron chi connectivity index (χ0n) is 6.39. The van der Waals surface area contributed by atoms with Crippen molar-refractivity contribution in [2.75, 3.05) is 6.61 Å². The number of benzene rings is 1. The molecule has 2 rings (SSSR count). The average molecular weight is 170 g/mol. The van der Waals surface area contributed by atoms with Gasteiger partial charge in [-0.1, -0.05) is 12.1 Å². The summed E-state index contributed by atoms with van der Waals surface area (Å²) in [4.78, 5) is 0. The molecule has 0 amide bonds. The predicted octanol–water partition coefficient (Wildman–Crippen LogP) is 2.56. The first kappa shape index (κ1) is 7.53. The molecule has 0 radical (unpaired) electrons. The second-order valence-electron chi connectivity index (χ2n) is 2.73. The Hall–Kier alpha value is -1.12. The summed E-state index contributed by atoms with van der Waals surface area (Å²) in [5, 5.41) is 0. The van der Waals surface area contributed by atoms with Gasteiger partial charge in [-0.2, -0.15) is 0 Å². The lowest BCUT2D eigenvalue weighted by atomic mass is 10.1. The highest BCUT2D eigenvalue weighted by Crippen LogP contribution is 2.35. The number of rotatable bonds is 1. The van der Waals surface area contributed by atoms with Gasteiger partial charge in [0.1, 0.15) is 5.75 Å². The van der Waals surface area contributed by atoms with Gasteiger partial charge in [0.25, 0.3) is 6.43 Å². The molecule has 0 saturated carbocycles. The van der Waals surface area contributed by atoms with Crippen LogP contribution in [-0.4, -0.2) is 6.61 Å². The maximum atomic E-state index is 12.3. The van der Waals surface area contributed by atoms with E-state index in [1.165, 1.54) is 6.07 Å². The van der Waals surface area contributed by atoms with Crippen molar-refractivity contribution >= 4 is 0 Å². The Kier molecular flexibility index (Phi) is 1.71. The van der Waals surface area contributed by atoms with Crippen LogP contribution in [0.2, 0.25) is 0 Å². The van der Waals surface area contributed by atoms with Gasteiger partial charge in [-0.3, -0.25) is 0 Å². The molecule has 0 atom stereocenters. The smallest absolute Gasteiger partial charge is 0.267 e. The molecule has 0 unspecified atom stereocenters. The van der Waals surface area contributed by atoms with Gasteiger partial charge < -0.3 is 4.74 Å². The van der Waals surface area contributed by atoms with E-state index < -0.39 is 6.43 Å². The number of halogens is 2. The topological polar surface area (TPSA) is 9.23 Å². The summed E-state index contributed by atoms with van der Waals surface area (Å²) < 4.78 is 29.8. The Morgan fingerprint density at radius 3 is 2.92 bits per heavy atom. The van der Waals surface area contributed by atoms with Gasteiger partial charge in [0, 0.05) is 6.42 Å². The molecule has 12 heavy (non-hydrogen) atoms. The van der Waals surface area contributed by atoms with E-state index in [0.717, 1.165) is 12.0 Å². The Morgan fingerprint density at radius 2 is 2.17 bits per heavy atom. The van der Waals surface area contributed by atoms with Gasteiger partial charge in [-0.05, 0) is 11.6 Å². The van der Waals surface area contributed by atoms with Crippen LogP contribution >= 0.6 is 0 Å². The van der Waals surface area contributed by atoms with E-state index in [1.807, 2.05) is 6.07 Å². The van der Waals surface area contributed by atoms with Crippen molar-refractivity contribution in [1.29, 1.82) is 0 Å². The molecule has 1 heterocycles. The summed E-state index contributed by atoms with van der Waals surface area (Å²) in [6, 6.07) is 4.89. The van der Waals surface area contributed by atoms with Crippen LogP contribution in [0.25, 0.3) is 0 Å². The molecule has 3 heteroatoms. The fraction of sp³-hybridized carbons (Fsp3) is 0.333. The monoisotopic (exact) mass is 170 g/mol. The number of para-hydroxylation sites is 1. The van der Waals surface area contributed by atoms with Gasteiger partial charge in [0.05, 0.1) is 12.2 Å². The number of ether oxygens (including phenoxy) is 1. The van der Waals surface area contributed by atoms with E-state index in [9.17, 15) is 8.78 Å². The molecule has 1 aromatic carbocycles. The van der Waals surface area contributed by atoms with Gasteiger partial charge in [-0.25, -0.2) is 8.78 Å². The molecule has 0 aliphatic carbocycles. The second-order valence-corrected chi connectivity index (χ2v) is 2.73. The first-order valence-electron chi connectivity index (χ1n) is 3.82. The molecule has 1 aromatic rings. The lowest BCUT2D eigenvalue weighted by Crippen LogP contribution is -1.91. The molecule has 1 aliphatic rings. The van der Waals surface area contributed by atoms with E-state index >= 15 is 0 Å². The Labute approximate surface area is 69.0 Å². The van der Waals surface area contributed by atoms with E-state index in [2.05, 4.69) is 0 Å². The zero-order valence-corrected chi connectivity index (χ0v) is 6.39. The zero-order chi connectivity index (χ0) is 8.55. The van der Waals surface area contributed by atoms with Crippen molar-refractivity contribution in [2.45, 2.75) is 12.8 Å². The quantitative estimate of drug-likeness (QED) is 0.629. The number of hydrogen-bond acceptors (Lipinski definition) is 1. The van der Waals surface area contributed by atoms with E-state index in [-0.39, 0.29) is 5.56 Å².